The Morgan fingerprint density at radius 3 is 2.33 bits per heavy atom. The molecule has 0 spiro atoms. The molecule has 5 nitrogen and oxygen atoms in total. The Balaban J connectivity index is 2.18. The standard InChI is InChI=1S/C16H17NO4/c18-14-7-6-12(10-15(14)19)11-17(9-8-16(20)21)13-4-2-1-3-5-13/h1-7,10,18-19H,8-9,11H2,(H,20,21). The van der Waals surface area contributed by atoms with E-state index in [2.05, 4.69) is 0 Å². The quantitative estimate of drug-likeness (QED) is 0.711. The van der Waals surface area contributed by atoms with Gasteiger partial charge in [-0.15, -0.1) is 0 Å². The minimum atomic E-state index is -0.857. The summed E-state index contributed by atoms with van der Waals surface area (Å²) in [4.78, 5) is 12.7. The lowest BCUT2D eigenvalue weighted by Gasteiger charge is -2.24. The zero-order valence-corrected chi connectivity index (χ0v) is 11.4. The average Bonchev–Trinajstić information content (AvgIpc) is 2.48. The van der Waals surface area contributed by atoms with E-state index in [0.717, 1.165) is 11.3 Å². The van der Waals surface area contributed by atoms with Crippen molar-refractivity contribution in [3.63, 3.8) is 0 Å². The van der Waals surface area contributed by atoms with E-state index in [1.54, 1.807) is 6.07 Å². The van der Waals surface area contributed by atoms with Crippen LogP contribution in [0, 0.1) is 0 Å². The van der Waals surface area contributed by atoms with Crippen molar-refractivity contribution in [2.24, 2.45) is 0 Å². The Bertz CT molecular complexity index is 613. The molecule has 0 atom stereocenters. The first kappa shape index (κ1) is 14.7. The van der Waals surface area contributed by atoms with Gasteiger partial charge in [0.15, 0.2) is 11.5 Å². The van der Waals surface area contributed by atoms with Crippen LogP contribution in [-0.4, -0.2) is 27.8 Å². The Kier molecular flexibility index (Phi) is 4.66. The summed E-state index contributed by atoms with van der Waals surface area (Å²) in [6, 6.07) is 14.1. The first-order valence-electron chi connectivity index (χ1n) is 6.59. The molecule has 0 amide bonds. The summed E-state index contributed by atoms with van der Waals surface area (Å²) >= 11 is 0. The summed E-state index contributed by atoms with van der Waals surface area (Å²) in [6.07, 6.45) is 0.0267. The monoisotopic (exact) mass is 287 g/mol. The third kappa shape index (κ3) is 4.14. The molecule has 0 saturated carbocycles. The molecule has 5 heteroatoms. The summed E-state index contributed by atoms with van der Waals surface area (Å²) in [7, 11) is 0. The van der Waals surface area contributed by atoms with Crippen molar-refractivity contribution in [3.8, 4) is 11.5 Å². The molecule has 0 aliphatic heterocycles. The maximum atomic E-state index is 10.8. The van der Waals surface area contributed by atoms with Crippen molar-refractivity contribution in [1.82, 2.24) is 0 Å². The van der Waals surface area contributed by atoms with Crippen LogP contribution in [0.3, 0.4) is 0 Å². The zero-order chi connectivity index (χ0) is 15.2. The van der Waals surface area contributed by atoms with E-state index in [4.69, 9.17) is 5.11 Å². The third-order valence-electron chi connectivity index (χ3n) is 3.13. The number of anilines is 1. The van der Waals surface area contributed by atoms with Crippen LogP contribution in [0.4, 0.5) is 5.69 Å². The predicted octanol–water partition coefficient (Wildman–Crippen LogP) is 2.58. The highest BCUT2D eigenvalue weighted by molar-refractivity contribution is 5.67. The topological polar surface area (TPSA) is 81.0 Å². The number of hydrogen-bond donors (Lipinski definition) is 3. The highest BCUT2D eigenvalue weighted by Crippen LogP contribution is 2.26. The second kappa shape index (κ2) is 6.65. The molecule has 2 aromatic rings. The molecule has 2 aromatic carbocycles. The summed E-state index contributed by atoms with van der Waals surface area (Å²) in [5, 5.41) is 27.7. The highest BCUT2D eigenvalue weighted by Gasteiger charge is 2.10. The number of rotatable bonds is 6. The number of para-hydroxylation sites is 1. The fraction of sp³-hybridized carbons (Fsp3) is 0.188. The van der Waals surface area contributed by atoms with Gasteiger partial charge in [0.05, 0.1) is 6.42 Å². The summed E-state index contributed by atoms with van der Waals surface area (Å²) in [5.74, 6) is -1.21. The number of hydrogen-bond acceptors (Lipinski definition) is 4. The van der Waals surface area contributed by atoms with Crippen LogP contribution in [0.15, 0.2) is 48.5 Å². The highest BCUT2D eigenvalue weighted by atomic mass is 16.4. The van der Waals surface area contributed by atoms with Crippen molar-refractivity contribution < 1.29 is 20.1 Å². The van der Waals surface area contributed by atoms with Crippen molar-refractivity contribution >= 4 is 11.7 Å². The van der Waals surface area contributed by atoms with Crippen molar-refractivity contribution in [1.29, 1.82) is 0 Å². The second-order valence-electron chi connectivity index (χ2n) is 4.72. The van der Waals surface area contributed by atoms with Crippen LogP contribution in [-0.2, 0) is 11.3 Å². The molecule has 0 aromatic heterocycles. The first-order valence-corrected chi connectivity index (χ1v) is 6.59. The van der Waals surface area contributed by atoms with Gasteiger partial charge in [-0.05, 0) is 29.8 Å². The maximum absolute atomic E-state index is 10.8. The molecule has 0 unspecified atom stereocenters. The van der Waals surface area contributed by atoms with Crippen molar-refractivity contribution in [2.75, 3.05) is 11.4 Å². The van der Waals surface area contributed by atoms with Gasteiger partial charge in [-0.3, -0.25) is 4.79 Å². The van der Waals surface area contributed by atoms with E-state index in [1.807, 2.05) is 35.2 Å². The molecule has 0 aliphatic carbocycles. The van der Waals surface area contributed by atoms with Gasteiger partial charge in [-0.1, -0.05) is 24.3 Å². The predicted molar refractivity (Wildman–Crippen MR) is 79.5 cm³/mol. The molecular formula is C16H17NO4. The van der Waals surface area contributed by atoms with E-state index in [1.165, 1.54) is 12.1 Å². The van der Waals surface area contributed by atoms with E-state index in [9.17, 15) is 15.0 Å². The number of benzene rings is 2. The Hall–Kier alpha value is -2.69. The van der Waals surface area contributed by atoms with Crippen molar-refractivity contribution in [2.45, 2.75) is 13.0 Å². The number of carboxylic acids is 1. The fourth-order valence-corrected chi connectivity index (χ4v) is 2.06. The van der Waals surface area contributed by atoms with Gasteiger partial charge in [0.25, 0.3) is 0 Å². The first-order chi connectivity index (χ1) is 10.1. The van der Waals surface area contributed by atoms with Gasteiger partial charge >= 0.3 is 5.97 Å². The summed E-state index contributed by atoms with van der Waals surface area (Å²) in [6.45, 7) is 0.812. The average molecular weight is 287 g/mol. The minimum Gasteiger partial charge on any atom is -0.504 e. The molecule has 0 heterocycles. The molecule has 0 saturated heterocycles. The Morgan fingerprint density at radius 1 is 1.00 bits per heavy atom. The van der Waals surface area contributed by atoms with Crippen LogP contribution >= 0.6 is 0 Å². The number of nitrogens with zero attached hydrogens (tertiary/aromatic N) is 1. The van der Waals surface area contributed by atoms with E-state index in [-0.39, 0.29) is 17.9 Å². The number of phenolic OH excluding ortho intramolecular Hbond substituents is 2. The van der Waals surface area contributed by atoms with Gasteiger partial charge < -0.3 is 20.2 Å². The minimum absolute atomic E-state index is 0.0267. The number of carbonyl (C=O) groups is 1. The van der Waals surface area contributed by atoms with Crippen LogP contribution in [0.5, 0.6) is 11.5 Å². The zero-order valence-electron chi connectivity index (χ0n) is 11.4. The lowest BCUT2D eigenvalue weighted by molar-refractivity contribution is -0.136. The van der Waals surface area contributed by atoms with E-state index >= 15 is 0 Å². The normalized spacial score (nSPS) is 10.3. The SMILES string of the molecule is O=C(O)CCN(Cc1ccc(O)c(O)c1)c1ccccc1. The lowest BCUT2D eigenvalue weighted by Crippen LogP contribution is -2.25. The van der Waals surface area contributed by atoms with Gasteiger partial charge in [0.2, 0.25) is 0 Å². The number of aromatic hydroxyl groups is 2. The van der Waals surface area contributed by atoms with Gasteiger partial charge in [-0.25, -0.2) is 0 Å². The summed E-state index contributed by atoms with van der Waals surface area (Å²) in [5.41, 5.74) is 1.70. The molecule has 0 fully saturated rings. The summed E-state index contributed by atoms with van der Waals surface area (Å²) < 4.78 is 0. The van der Waals surface area contributed by atoms with Crippen molar-refractivity contribution in [3.05, 3.63) is 54.1 Å². The number of carboxylic acid groups (broad SMARTS) is 1. The van der Waals surface area contributed by atoms with Gasteiger partial charge in [-0.2, -0.15) is 0 Å². The largest absolute Gasteiger partial charge is 0.504 e. The van der Waals surface area contributed by atoms with Crippen LogP contribution in [0.25, 0.3) is 0 Å². The number of phenols is 2. The van der Waals surface area contributed by atoms with Crippen LogP contribution in [0.1, 0.15) is 12.0 Å². The Labute approximate surface area is 122 Å². The number of aliphatic carboxylic acids is 1. The van der Waals surface area contributed by atoms with Gasteiger partial charge in [0.1, 0.15) is 0 Å². The molecule has 21 heavy (non-hydrogen) atoms. The molecule has 0 aliphatic rings. The second-order valence-corrected chi connectivity index (χ2v) is 4.72. The Morgan fingerprint density at radius 2 is 1.71 bits per heavy atom. The third-order valence-corrected chi connectivity index (χ3v) is 3.13. The van der Waals surface area contributed by atoms with Crippen LogP contribution in [0.2, 0.25) is 0 Å². The van der Waals surface area contributed by atoms with Gasteiger partial charge in [0, 0.05) is 18.8 Å². The lowest BCUT2D eigenvalue weighted by atomic mass is 10.1. The van der Waals surface area contributed by atoms with E-state index in [0.29, 0.717) is 13.1 Å². The molecule has 3 N–H and O–H groups in total. The molecular weight excluding hydrogens is 270 g/mol. The molecule has 0 bridgehead atoms. The fourth-order valence-electron chi connectivity index (χ4n) is 2.06. The van der Waals surface area contributed by atoms with Crippen LogP contribution < -0.4 is 4.90 Å². The van der Waals surface area contributed by atoms with E-state index < -0.39 is 5.97 Å². The molecule has 0 radical (unpaired) electrons. The molecule has 2 rings (SSSR count). The smallest absolute Gasteiger partial charge is 0.305 e. The molecule has 110 valence electrons. The maximum Gasteiger partial charge on any atom is 0.305 e.